The van der Waals surface area contributed by atoms with E-state index in [0.29, 0.717) is 12.4 Å². The number of fused-ring (bicyclic) bond motifs is 1. The normalized spacial score (nSPS) is 12.2. The summed E-state index contributed by atoms with van der Waals surface area (Å²) in [6, 6.07) is 11.6. The van der Waals surface area contributed by atoms with E-state index in [4.69, 9.17) is 15.2 Å². The average molecular weight is 273 g/mol. The van der Waals surface area contributed by atoms with E-state index in [1.54, 1.807) is 6.92 Å². The summed E-state index contributed by atoms with van der Waals surface area (Å²) in [5.41, 5.74) is 6.86. The maximum atomic E-state index is 11.5. The number of hydrogen-bond donors (Lipinski definition) is 1. The minimum atomic E-state index is -0.379. The second kappa shape index (κ2) is 6.39. The first-order valence-corrected chi connectivity index (χ1v) is 6.69. The molecule has 0 radical (unpaired) electrons. The van der Waals surface area contributed by atoms with Crippen LogP contribution in [0.2, 0.25) is 0 Å². The first-order valence-electron chi connectivity index (χ1n) is 6.69. The molecule has 0 spiro atoms. The van der Waals surface area contributed by atoms with Gasteiger partial charge in [-0.1, -0.05) is 36.4 Å². The third-order valence-electron chi connectivity index (χ3n) is 3.04. The average Bonchev–Trinajstić information content (AvgIpc) is 2.44. The molecule has 0 aliphatic rings. The van der Waals surface area contributed by atoms with E-state index in [-0.39, 0.29) is 18.6 Å². The molecule has 0 saturated heterocycles. The van der Waals surface area contributed by atoms with Crippen LogP contribution in [-0.4, -0.2) is 19.2 Å². The van der Waals surface area contributed by atoms with Crippen molar-refractivity contribution < 1.29 is 14.3 Å². The molecule has 0 bridgehead atoms. The lowest BCUT2D eigenvalue weighted by atomic mass is 10.0. The standard InChI is InChI=1S/C16H19NO3/c1-3-19-15(18)10-20-16-13(11(2)17)9-8-12-6-4-5-7-14(12)16/h4-9,11H,3,10,17H2,1-2H3. The molecule has 0 amide bonds. The van der Waals surface area contributed by atoms with Crippen LogP contribution in [0.4, 0.5) is 0 Å². The van der Waals surface area contributed by atoms with Crippen molar-refractivity contribution in [2.45, 2.75) is 19.9 Å². The minimum absolute atomic E-state index is 0.110. The molecule has 2 aromatic rings. The molecule has 106 valence electrons. The minimum Gasteiger partial charge on any atom is -0.481 e. The zero-order valence-corrected chi connectivity index (χ0v) is 11.8. The lowest BCUT2D eigenvalue weighted by Gasteiger charge is -2.16. The molecule has 0 heterocycles. The fourth-order valence-corrected chi connectivity index (χ4v) is 2.11. The zero-order valence-electron chi connectivity index (χ0n) is 11.8. The van der Waals surface area contributed by atoms with Gasteiger partial charge in [-0.15, -0.1) is 0 Å². The molecular formula is C16H19NO3. The van der Waals surface area contributed by atoms with E-state index in [1.807, 2.05) is 43.3 Å². The highest BCUT2D eigenvalue weighted by Crippen LogP contribution is 2.32. The lowest BCUT2D eigenvalue weighted by Crippen LogP contribution is -2.16. The van der Waals surface area contributed by atoms with Gasteiger partial charge in [-0.05, 0) is 19.2 Å². The summed E-state index contributed by atoms with van der Waals surface area (Å²) in [7, 11) is 0. The van der Waals surface area contributed by atoms with Gasteiger partial charge in [0.25, 0.3) is 0 Å². The summed E-state index contributed by atoms with van der Waals surface area (Å²) in [5.74, 6) is 0.280. The maximum absolute atomic E-state index is 11.5. The number of esters is 1. The van der Waals surface area contributed by atoms with Gasteiger partial charge in [0.15, 0.2) is 6.61 Å². The Morgan fingerprint density at radius 2 is 2.00 bits per heavy atom. The Bertz CT molecular complexity index is 608. The van der Waals surface area contributed by atoms with Crippen molar-refractivity contribution in [2.75, 3.05) is 13.2 Å². The van der Waals surface area contributed by atoms with Crippen LogP contribution in [0.15, 0.2) is 36.4 Å². The molecule has 1 unspecified atom stereocenters. The molecule has 0 fully saturated rings. The monoisotopic (exact) mass is 273 g/mol. The summed E-state index contributed by atoms with van der Waals surface area (Å²) in [4.78, 5) is 11.5. The predicted octanol–water partition coefficient (Wildman–Crippen LogP) is 2.80. The molecular weight excluding hydrogens is 254 g/mol. The van der Waals surface area contributed by atoms with Crippen molar-refractivity contribution in [3.63, 3.8) is 0 Å². The Kier molecular flexibility index (Phi) is 4.58. The first kappa shape index (κ1) is 14.3. The molecule has 0 aromatic heterocycles. The van der Waals surface area contributed by atoms with Crippen LogP contribution in [0.1, 0.15) is 25.5 Å². The van der Waals surface area contributed by atoms with Crippen LogP contribution in [-0.2, 0) is 9.53 Å². The van der Waals surface area contributed by atoms with Crippen LogP contribution in [0.25, 0.3) is 10.8 Å². The lowest BCUT2D eigenvalue weighted by molar-refractivity contribution is -0.145. The summed E-state index contributed by atoms with van der Waals surface area (Å²) in [5, 5.41) is 2.00. The third kappa shape index (κ3) is 3.08. The molecule has 0 saturated carbocycles. The fraction of sp³-hybridized carbons (Fsp3) is 0.312. The molecule has 2 aromatic carbocycles. The van der Waals surface area contributed by atoms with Gasteiger partial charge in [0.2, 0.25) is 0 Å². The SMILES string of the molecule is CCOC(=O)COc1c(C(C)N)ccc2ccccc12. The fourth-order valence-electron chi connectivity index (χ4n) is 2.11. The molecule has 2 rings (SSSR count). The Hall–Kier alpha value is -2.07. The molecule has 20 heavy (non-hydrogen) atoms. The maximum Gasteiger partial charge on any atom is 0.344 e. The Morgan fingerprint density at radius 1 is 1.25 bits per heavy atom. The van der Waals surface area contributed by atoms with E-state index in [0.717, 1.165) is 16.3 Å². The van der Waals surface area contributed by atoms with Crippen LogP contribution < -0.4 is 10.5 Å². The first-order chi connectivity index (χ1) is 9.63. The highest BCUT2D eigenvalue weighted by Gasteiger charge is 2.14. The van der Waals surface area contributed by atoms with Crippen LogP contribution in [0.5, 0.6) is 5.75 Å². The van der Waals surface area contributed by atoms with Crippen LogP contribution in [0.3, 0.4) is 0 Å². The molecule has 4 nitrogen and oxygen atoms in total. The van der Waals surface area contributed by atoms with Gasteiger partial charge in [-0.25, -0.2) is 4.79 Å². The highest BCUT2D eigenvalue weighted by atomic mass is 16.6. The Morgan fingerprint density at radius 3 is 2.70 bits per heavy atom. The van der Waals surface area contributed by atoms with Gasteiger partial charge in [-0.3, -0.25) is 0 Å². The number of ether oxygens (including phenoxy) is 2. The van der Waals surface area contributed by atoms with Crippen molar-refractivity contribution in [3.8, 4) is 5.75 Å². The molecule has 0 aliphatic carbocycles. The van der Waals surface area contributed by atoms with Crippen molar-refractivity contribution >= 4 is 16.7 Å². The Labute approximate surface area is 118 Å². The van der Waals surface area contributed by atoms with Crippen molar-refractivity contribution in [1.29, 1.82) is 0 Å². The van der Waals surface area contributed by atoms with E-state index in [1.165, 1.54) is 0 Å². The second-order valence-corrected chi connectivity index (χ2v) is 4.59. The van der Waals surface area contributed by atoms with Crippen molar-refractivity contribution in [3.05, 3.63) is 42.0 Å². The summed E-state index contributed by atoms with van der Waals surface area (Å²) in [6.07, 6.45) is 0. The van der Waals surface area contributed by atoms with Crippen molar-refractivity contribution in [2.24, 2.45) is 5.73 Å². The largest absolute Gasteiger partial charge is 0.481 e. The van der Waals surface area contributed by atoms with Gasteiger partial charge in [0.1, 0.15) is 5.75 Å². The van der Waals surface area contributed by atoms with Gasteiger partial charge in [0, 0.05) is 17.0 Å². The van der Waals surface area contributed by atoms with Gasteiger partial charge in [0.05, 0.1) is 6.61 Å². The van der Waals surface area contributed by atoms with E-state index < -0.39 is 0 Å². The summed E-state index contributed by atoms with van der Waals surface area (Å²) in [6.45, 7) is 3.89. The van der Waals surface area contributed by atoms with Crippen molar-refractivity contribution in [1.82, 2.24) is 0 Å². The molecule has 4 heteroatoms. The van der Waals surface area contributed by atoms with Gasteiger partial charge in [-0.2, -0.15) is 0 Å². The topological polar surface area (TPSA) is 61.5 Å². The number of carbonyl (C=O) groups excluding carboxylic acids is 1. The second-order valence-electron chi connectivity index (χ2n) is 4.59. The highest BCUT2D eigenvalue weighted by molar-refractivity contribution is 5.90. The van der Waals surface area contributed by atoms with Crippen LogP contribution in [0, 0.1) is 0 Å². The Balaban J connectivity index is 2.37. The van der Waals surface area contributed by atoms with E-state index in [2.05, 4.69) is 0 Å². The quantitative estimate of drug-likeness (QED) is 0.851. The van der Waals surface area contributed by atoms with E-state index in [9.17, 15) is 4.79 Å². The number of carbonyl (C=O) groups is 1. The predicted molar refractivity (Wildman–Crippen MR) is 78.7 cm³/mol. The smallest absolute Gasteiger partial charge is 0.344 e. The summed E-state index contributed by atoms with van der Waals surface area (Å²) < 4.78 is 10.6. The zero-order chi connectivity index (χ0) is 14.5. The van der Waals surface area contributed by atoms with Gasteiger partial charge >= 0.3 is 5.97 Å². The van der Waals surface area contributed by atoms with E-state index >= 15 is 0 Å². The number of nitrogens with two attached hydrogens (primary N) is 1. The molecule has 1 atom stereocenters. The van der Waals surface area contributed by atoms with Crippen LogP contribution >= 0.6 is 0 Å². The number of benzene rings is 2. The summed E-state index contributed by atoms with van der Waals surface area (Å²) >= 11 is 0. The number of rotatable bonds is 5. The van der Waals surface area contributed by atoms with Gasteiger partial charge < -0.3 is 15.2 Å². The number of hydrogen-bond acceptors (Lipinski definition) is 4. The molecule has 2 N–H and O–H groups in total. The third-order valence-corrected chi connectivity index (χ3v) is 3.04. The molecule has 0 aliphatic heterocycles.